The van der Waals surface area contributed by atoms with Gasteiger partial charge in [0.25, 0.3) is 0 Å². The van der Waals surface area contributed by atoms with Crippen molar-refractivity contribution in [2.75, 3.05) is 6.54 Å². The number of nitrogens with zero attached hydrogens (tertiary/aromatic N) is 2. The minimum absolute atomic E-state index is 0.802. The van der Waals surface area contributed by atoms with E-state index in [2.05, 4.69) is 28.7 Å². The first-order valence-corrected chi connectivity index (χ1v) is 6.95. The molecule has 1 saturated carbocycles. The van der Waals surface area contributed by atoms with E-state index in [1.54, 1.807) is 0 Å². The van der Waals surface area contributed by atoms with Gasteiger partial charge in [-0.25, -0.2) is 4.98 Å². The van der Waals surface area contributed by atoms with Gasteiger partial charge in [0.15, 0.2) is 0 Å². The van der Waals surface area contributed by atoms with Gasteiger partial charge < -0.3 is 9.88 Å². The molecule has 1 aromatic rings. The van der Waals surface area contributed by atoms with Crippen LogP contribution in [0.5, 0.6) is 0 Å². The van der Waals surface area contributed by atoms with E-state index >= 15 is 0 Å². The fraction of sp³-hybridized carbons (Fsp3) is 0.786. The van der Waals surface area contributed by atoms with Gasteiger partial charge in [-0.1, -0.05) is 13.8 Å². The molecule has 0 bridgehead atoms. The van der Waals surface area contributed by atoms with E-state index in [1.807, 2.05) is 18.7 Å². The Bertz CT molecular complexity index is 299. The molecule has 0 unspecified atom stereocenters. The van der Waals surface area contributed by atoms with Crippen LogP contribution < -0.4 is 5.32 Å². The quantitative estimate of drug-likeness (QED) is 0.736. The molecular formula is C14H25N3. The van der Waals surface area contributed by atoms with Gasteiger partial charge in [-0.3, -0.25) is 0 Å². The Morgan fingerprint density at radius 1 is 1.35 bits per heavy atom. The zero-order valence-corrected chi connectivity index (χ0v) is 11.1. The van der Waals surface area contributed by atoms with Crippen molar-refractivity contribution < 1.29 is 0 Å². The standard InChI is InChI=1S/C14H25N3/c1-12(2)13-9-14(10-13)16-5-3-4-7-17-8-6-15-11-17/h6,8,11-14,16H,3-5,7,9-10H2,1-2H3. The van der Waals surface area contributed by atoms with Gasteiger partial charge in [0.2, 0.25) is 0 Å². The SMILES string of the molecule is CC(C)C1CC(NCCCCn2ccnc2)C1. The largest absolute Gasteiger partial charge is 0.337 e. The topological polar surface area (TPSA) is 29.9 Å². The predicted octanol–water partition coefficient (Wildman–Crippen LogP) is 2.69. The average molecular weight is 235 g/mol. The van der Waals surface area contributed by atoms with Crippen molar-refractivity contribution in [2.24, 2.45) is 11.8 Å². The number of hydrogen-bond acceptors (Lipinski definition) is 2. The van der Waals surface area contributed by atoms with Crippen molar-refractivity contribution in [3.63, 3.8) is 0 Å². The van der Waals surface area contributed by atoms with Gasteiger partial charge in [-0.15, -0.1) is 0 Å². The maximum atomic E-state index is 4.04. The molecule has 2 rings (SSSR count). The normalized spacial score (nSPS) is 23.9. The molecule has 0 aliphatic heterocycles. The number of nitrogens with one attached hydrogen (secondary N) is 1. The third-order valence-electron chi connectivity index (χ3n) is 3.95. The first-order valence-electron chi connectivity index (χ1n) is 6.95. The molecule has 1 N–H and O–H groups in total. The third kappa shape index (κ3) is 3.84. The van der Waals surface area contributed by atoms with E-state index in [9.17, 15) is 0 Å². The Labute approximate surface area is 105 Å². The molecule has 17 heavy (non-hydrogen) atoms. The molecule has 1 aliphatic carbocycles. The van der Waals surface area contributed by atoms with Crippen LogP contribution in [0.2, 0.25) is 0 Å². The second-order valence-corrected chi connectivity index (χ2v) is 5.63. The molecule has 1 aliphatic rings. The molecule has 0 atom stereocenters. The van der Waals surface area contributed by atoms with Gasteiger partial charge in [0.05, 0.1) is 6.33 Å². The van der Waals surface area contributed by atoms with Gasteiger partial charge in [0.1, 0.15) is 0 Å². The van der Waals surface area contributed by atoms with Crippen molar-refractivity contribution in [3.8, 4) is 0 Å². The molecular weight excluding hydrogens is 210 g/mol. The maximum Gasteiger partial charge on any atom is 0.0945 e. The fourth-order valence-corrected chi connectivity index (χ4v) is 2.52. The molecule has 0 spiro atoms. The monoisotopic (exact) mass is 235 g/mol. The van der Waals surface area contributed by atoms with E-state index < -0.39 is 0 Å². The molecule has 3 nitrogen and oxygen atoms in total. The summed E-state index contributed by atoms with van der Waals surface area (Å²) in [6.07, 6.45) is 11.1. The summed E-state index contributed by atoms with van der Waals surface area (Å²) < 4.78 is 2.15. The van der Waals surface area contributed by atoms with E-state index in [4.69, 9.17) is 0 Å². The minimum Gasteiger partial charge on any atom is -0.337 e. The van der Waals surface area contributed by atoms with Gasteiger partial charge in [0, 0.05) is 25.0 Å². The van der Waals surface area contributed by atoms with Gasteiger partial charge in [-0.2, -0.15) is 0 Å². The second kappa shape index (κ2) is 6.20. The van der Waals surface area contributed by atoms with Crippen LogP contribution in [-0.4, -0.2) is 22.1 Å². The molecule has 1 heterocycles. The highest BCUT2D eigenvalue weighted by atomic mass is 15.0. The number of unbranched alkanes of at least 4 members (excludes halogenated alkanes) is 1. The van der Waals surface area contributed by atoms with Crippen molar-refractivity contribution in [2.45, 2.75) is 52.1 Å². The van der Waals surface area contributed by atoms with Crippen LogP contribution in [0, 0.1) is 11.8 Å². The van der Waals surface area contributed by atoms with Crippen molar-refractivity contribution in [1.29, 1.82) is 0 Å². The summed E-state index contributed by atoms with van der Waals surface area (Å²) in [5, 5.41) is 3.66. The maximum absolute atomic E-state index is 4.04. The van der Waals surface area contributed by atoms with Crippen LogP contribution in [0.15, 0.2) is 18.7 Å². The highest BCUT2D eigenvalue weighted by Crippen LogP contribution is 2.33. The molecule has 1 fully saturated rings. The van der Waals surface area contributed by atoms with Crippen molar-refractivity contribution in [3.05, 3.63) is 18.7 Å². The Hall–Kier alpha value is -0.830. The van der Waals surface area contributed by atoms with E-state index in [-0.39, 0.29) is 0 Å². The summed E-state index contributed by atoms with van der Waals surface area (Å²) in [4.78, 5) is 4.04. The zero-order chi connectivity index (χ0) is 12.1. The molecule has 0 amide bonds. The van der Waals surface area contributed by atoms with Gasteiger partial charge in [-0.05, 0) is 44.1 Å². The van der Waals surface area contributed by atoms with E-state index in [0.29, 0.717) is 0 Å². The second-order valence-electron chi connectivity index (χ2n) is 5.63. The Morgan fingerprint density at radius 2 is 2.18 bits per heavy atom. The first kappa shape index (κ1) is 12.6. The number of aryl methyl sites for hydroxylation is 1. The Balaban J connectivity index is 1.45. The first-order chi connectivity index (χ1) is 8.25. The summed E-state index contributed by atoms with van der Waals surface area (Å²) in [6.45, 7) is 6.95. The van der Waals surface area contributed by atoms with E-state index in [1.165, 1.54) is 32.2 Å². The highest BCUT2D eigenvalue weighted by molar-refractivity contribution is 4.86. The van der Waals surface area contributed by atoms with Crippen LogP contribution in [-0.2, 0) is 6.54 Å². The van der Waals surface area contributed by atoms with Crippen LogP contribution in [0.1, 0.15) is 39.5 Å². The fourth-order valence-electron chi connectivity index (χ4n) is 2.52. The molecule has 0 aromatic carbocycles. The van der Waals surface area contributed by atoms with Crippen molar-refractivity contribution in [1.82, 2.24) is 14.9 Å². The lowest BCUT2D eigenvalue weighted by Gasteiger charge is -2.38. The predicted molar refractivity (Wildman–Crippen MR) is 70.8 cm³/mol. The van der Waals surface area contributed by atoms with E-state index in [0.717, 1.165) is 24.4 Å². The van der Waals surface area contributed by atoms with Crippen LogP contribution in [0.25, 0.3) is 0 Å². The smallest absolute Gasteiger partial charge is 0.0945 e. The summed E-state index contributed by atoms with van der Waals surface area (Å²) in [7, 11) is 0. The number of aromatic nitrogens is 2. The molecule has 96 valence electrons. The lowest BCUT2D eigenvalue weighted by atomic mass is 9.74. The summed E-state index contributed by atoms with van der Waals surface area (Å²) in [5.74, 6) is 1.84. The highest BCUT2D eigenvalue weighted by Gasteiger charge is 2.30. The summed E-state index contributed by atoms with van der Waals surface area (Å²) >= 11 is 0. The molecule has 0 saturated heterocycles. The minimum atomic E-state index is 0.802. The average Bonchev–Trinajstić information content (AvgIpc) is 2.72. The Kier molecular flexibility index (Phi) is 4.60. The molecule has 0 radical (unpaired) electrons. The van der Waals surface area contributed by atoms with Crippen LogP contribution in [0.3, 0.4) is 0 Å². The lowest BCUT2D eigenvalue weighted by molar-refractivity contribution is 0.168. The van der Waals surface area contributed by atoms with Crippen LogP contribution in [0.4, 0.5) is 0 Å². The van der Waals surface area contributed by atoms with Crippen LogP contribution >= 0.6 is 0 Å². The number of hydrogen-bond donors (Lipinski definition) is 1. The lowest BCUT2D eigenvalue weighted by Crippen LogP contribution is -2.43. The number of imidazole rings is 1. The molecule has 1 aromatic heterocycles. The number of rotatable bonds is 7. The van der Waals surface area contributed by atoms with Crippen molar-refractivity contribution >= 4 is 0 Å². The summed E-state index contributed by atoms with van der Waals surface area (Å²) in [5.41, 5.74) is 0. The third-order valence-corrected chi connectivity index (χ3v) is 3.95. The Morgan fingerprint density at radius 3 is 2.82 bits per heavy atom. The molecule has 3 heteroatoms. The van der Waals surface area contributed by atoms with Gasteiger partial charge >= 0.3 is 0 Å². The summed E-state index contributed by atoms with van der Waals surface area (Å²) in [6, 6.07) is 0.802. The zero-order valence-electron chi connectivity index (χ0n) is 11.1.